The molecule has 0 aliphatic rings. The molecule has 0 heterocycles. The van der Waals surface area contributed by atoms with Gasteiger partial charge in [0.2, 0.25) is 21.8 Å². The molecule has 3 aromatic rings. The van der Waals surface area contributed by atoms with Gasteiger partial charge in [0.15, 0.2) is 0 Å². The summed E-state index contributed by atoms with van der Waals surface area (Å²) in [5.41, 5.74) is 3.54. The first-order chi connectivity index (χ1) is 19.0. The fraction of sp³-hybridized carbons (Fsp3) is 0.355. The maximum Gasteiger partial charge on any atom is 0.244 e. The summed E-state index contributed by atoms with van der Waals surface area (Å²) >= 11 is 0. The number of rotatable bonds is 13. The summed E-state index contributed by atoms with van der Waals surface area (Å²) in [7, 11) is -3.85. The molecule has 1 atom stereocenters. The Bertz CT molecular complexity index is 1400. The second-order valence-electron chi connectivity index (χ2n) is 10.1. The van der Waals surface area contributed by atoms with Crippen LogP contribution in [-0.4, -0.2) is 50.5 Å². The molecule has 0 aliphatic carbocycles. The van der Waals surface area contributed by atoms with Crippen LogP contribution in [-0.2, 0) is 32.6 Å². The van der Waals surface area contributed by atoms with Crippen LogP contribution in [0.2, 0.25) is 0 Å². The fourth-order valence-electron chi connectivity index (χ4n) is 4.53. The summed E-state index contributed by atoms with van der Waals surface area (Å²) < 4.78 is 40.6. The van der Waals surface area contributed by atoms with E-state index in [1.807, 2.05) is 50.2 Å². The maximum atomic E-state index is 14.1. The molecule has 0 aliphatic heterocycles. The van der Waals surface area contributed by atoms with Crippen LogP contribution in [0, 0.1) is 19.7 Å². The van der Waals surface area contributed by atoms with E-state index in [0.29, 0.717) is 23.4 Å². The highest BCUT2D eigenvalue weighted by molar-refractivity contribution is 7.92. The van der Waals surface area contributed by atoms with Crippen LogP contribution in [0.5, 0.6) is 0 Å². The van der Waals surface area contributed by atoms with Crippen molar-refractivity contribution in [2.75, 3.05) is 23.7 Å². The molecule has 0 bridgehead atoms. The third kappa shape index (κ3) is 8.64. The minimum Gasteiger partial charge on any atom is -0.354 e. The molecule has 9 heteroatoms. The van der Waals surface area contributed by atoms with Crippen LogP contribution in [0.1, 0.15) is 42.0 Å². The van der Waals surface area contributed by atoms with Gasteiger partial charge in [0.05, 0.1) is 11.9 Å². The number of carbonyl (C=O) groups is 2. The molecule has 0 saturated carbocycles. The number of halogens is 1. The molecular formula is C31H38FN3O4S. The molecule has 7 nitrogen and oxygen atoms in total. The van der Waals surface area contributed by atoms with E-state index in [4.69, 9.17) is 0 Å². The third-order valence-electron chi connectivity index (χ3n) is 6.67. The monoisotopic (exact) mass is 567 g/mol. The summed E-state index contributed by atoms with van der Waals surface area (Å²) in [6, 6.07) is 19.5. The highest BCUT2D eigenvalue weighted by Gasteiger charge is 2.33. The average molecular weight is 568 g/mol. The number of amides is 2. The largest absolute Gasteiger partial charge is 0.354 e. The van der Waals surface area contributed by atoms with Gasteiger partial charge in [-0.3, -0.25) is 13.9 Å². The van der Waals surface area contributed by atoms with E-state index in [9.17, 15) is 22.4 Å². The van der Waals surface area contributed by atoms with Crippen molar-refractivity contribution in [3.8, 4) is 0 Å². The van der Waals surface area contributed by atoms with E-state index in [-0.39, 0.29) is 18.9 Å². The SMILES string of the molecule is CCCCNC(=O)C(Cc1ccccc1)N(Cc1ccc(F)cc1)C(=O)CN(c1ccc(C)cc1C)S(C)(=O)=O. The molecule has 0 saturated heterocycles. The van der Waals surface area contributed by atoms with E-state index in [1.54, 1.807) is 31.2 Å². The number of nitrogens with one attached hydrogen (secondary N) is 1. The predicted octanol–water partition coefficient (Wildman–Crippen LogP) is 4.76. The van der Waals surface area contributed by atoms with Gasteiger partial charge in [0.1, 0.15) is 18.4 Å². The van der Waals surface area contributed by atoms with Crippen molar-refractivity contribution in [1.29, 1.82) is 0 Å². The zero-order valence-electron chi connectivity index (χ0n) is 23.6. The molecular weight excluding hydrogens is 529 g/mol. The highest BCUT2D eigenvalue weighted by Crippen LogP contribution is 2.25. The summed E-state index contributed by atoms with van der Waals surface area (Å²) in [6.07, 6.45) is 2.96. The smallest absolute Gasteiger partial charge is 0.244 e. The van der Waals surface area contributed by atoms with E-state index < -0.39 is 34.3 Å². The van der Waals surface area contributed by atoms with Crippen molar-refractivity contribution in [3.05, 3.63) is 101 Å². The Labute approximate surface area is 237 Å². The molecule has 1 unspecified atom stereocenters. The fourth-order valence-corrected chi connectivity index (χ4v) is 5.43. The molecule has 0 aromatic heterocycles. The molecule has 0 radical (unpaired) electrons. The van der Waals surface area contributed by atoms with E-state index in [0.717, 1.165) is 34.5 Å². The molecule has 3 aromatic carbocycles. The minimum atomic E-state index is -3.85. The first-order valence-electron chi connectivity index (χ1n) is 13.4. The minimum absolute atomic E-state index is 0.00228. The lowest BCUT2D eigenvalue weighted by molar-refractivity contribution is -0.140. The Kier molecular flexibility index (Phi) is 10.8. The Morgan fingerprint density at radius 2 is 1.62 bits per heavy atom. The number of anilines is 1. The topological polar surface area (TPSA) is 86.8 Å². The number of hydrogen-bond donors (Lipinski definition) is 1. The van der Waals surface area contributed by atoms with Gasteiger partial charge < -0.3 is 10.2 Å². The molecule has 1 N–H and O–H groups in total. The number of carbonyl (C=O) groups excluding carboxylic acids is 2. The van der Waals surface area contributed by atoms with Gasteiger partial charge in [-0.1, -0.05) is 73.5 Å². The Morgan fingerprint density at radius 3 is 2.23 bits per heavy atom. The number of nitrogens with zero attached hydrogens (tertiary/aromatic N) is 2. The molecule has 40 heavy (non-hydrogen) atoms. The lowest BCUT2D eigenvalue weighted by Gasteiger charge is -2.34. The van der Waals surface area contributed by atoms with Crippen LogP contribution in [0.15, 0.2) is 72.8 Å². The number of benzene rings is 3. The second kappa shape index (κ2) is 14.1. The lowest BCUT2D eigenvalue weighted by atomic mass is 10.0. The lowest BCUT2D eigenvalue weighted by Crippen LogP contribution is -2.53. The van der Waals surface area contributed by atoms with Gasteiger partial charge in [0, 0.05) is 19.5 Å². The van der Waals surface area contributed by atoms with Crippen LogP contribution >= 0.6 is 0 Å². The van der Waals surface area contributed by atoms with Gasteiger partial charge in [-0.15, -0.1) is 0 Å². The molecule has 0 spiro atoms. The maximum absolute atomic E-state index is 14.1. The van der Waals surface area contributed by atoms with E-state index in [1.165, 1.54) is 17.0 Å². The normalized spacial score (nSPS) is 12.0. The standard InChI is InChI=1S/C31H38FN3O4S/c1-5-6-18-33-31(37)29(20-25-10-8-7-9-11-25)34(21-26-13-15-27(32)16-14-26)30(36)22-35(40(4,38)39)28-17-12-23(2)19-24(28)3/h7-17,19,29H,5-6,18,20-22H2,1-4H3,(H,33,37). The zero-order chi connectivity index (χ0) is 29.3. The zero-order valence-corrected chi connectivity index (χ0v) is 24.4. The number of aryl methyl sites for hydroxylation is 2. The third-order valence-corrected chi connectivity index (χ3v) is 7.79. The summed E-state index contributed by atoms with van der Waals surface area (Å²) in [5, 5.41) is 2.94. The predicted molar refractivity (Wildman–Crippen MR) is 157 cm³/mol. The van der Waals surface area contributed by atoms with Crippen molar-refractivity contribution in [1.82, 2.24) is 10.2 Å². The summed E-state index contributed by atoms with van der Waals surface area (Å²) in [5.74, 6) is -1.29. The van der Waals surface area contributed by atoms with Crippen LogP contribution in [0.4, 0.5) is 10.1 Å². The van der Waals surface area contributed by atoms with Crippen LogP contribution in [0.25, 0.3) is 0 Å². The summed E-state index contributed by atoms with van der Waals surface area (Å²) in [4.78, 5) is 29.0. The Morgan fingerprint density at radius 1 is 0.950 bits per heavy atom. The van der Waals surface area contributed by atoms with Crippen LogP contribution < -0.4 is 9.62 Å². The van der Waals surface area contributed by atoms with Gasteiger partial charge in [-0.2, -0.15) is 0 Å². The van der Waals surface area contributed by atoms with Gasteiger partial charge in [-0.05, 0) is 55.2 Å². The Balaban J connectivity index is 2.04. The van der Waals surface area contributed by atoms with E-state index in [2.05, 4.69) is 5.32 Å². The molecule has 2 amide bonds. The van der Waals surface area contributed by atoms with E-state index >= 15 is 0 Å². The number of unbranched alkanes of at least 4 members (excludes halogenated alkanes) is 1. The van der Waals surface area contributed by atoms with Crippen molar-refractivity contribution >= 4 is 27.5 Å². The number of hydrogen-bond acceptors (Lipinski definition) is 4. The van der Waals surface area contributed by atoms with Crippen molar-refractivity contribution in [2.24, 2.45) is 0 Å². The van der Waals surface area contributed by atoms with Gasteiger partial charge in [0.25, 0.3) is 0 Å². The first-order valence-corrected chi connectivity index (χ1v) is 15.2. The number of sulfonamides is 1. The second-order valence-corrected chi connectivity index (χ2v) is 12.0. The molecule has 3 rings (SSSR count). The summed E-state index contributed by atoms with van der Waals surface area (Å²) in [6.45, 7) is 5.69. The highest BCUT2D eigenvalue weighted by atomic mass is 32.2. The quantitative estimate of drug-likeness (QED) is 0.302. The van der Waals surface area contributed by atoms with Crippen molar-refractivity contribution < 1.29 is 22.4 Å². The van der Waals surface area contributed by atoms with Crippen molar-refractivity contribution in [2.45, 2.75) is 52.6 Å². The van der Waals surface area contributed by atoms with Gasteiger partial charge in [-0.25, -0.2) is 12.8 Å². The molecule has 0 fully saturated rings. The van der Waals surface area contributed by atoms with Crippen LogP contribution in [0.3, 0.4) is 0 Å². The van der Waals surface area contributed by atoms with Gasteiger partial charge >= 0.3 is 0 Å². The first kappa shape index (κ1) is 30.8. The van der Waals surface area contributed by atoms with Crippen molar-refractivity contribution in [3.63, 3.8) is 0 Å². The Hall–Kier alpha value is -3.72. The average Bonchev–Trinajstić information content (AvgIpc) is 2.90. The molecule has 214 valence electrons.